The highest BCUT2D eigenvalue weighted by Gasteiger charge is 2.11. The number of aliphatic imine (C=N–C) groups is 1. The molecule has 2 aromatic rings. The second kappa shape index (κ2) is 10.7. The average molecular weight is 388 g/mol. The SMILES string of the molecule is CN=C(NCCc1nc(C(C)C)no1)NC(C)c1ccc(OCC(C)C)cc1. The molecule has 0 aliphatic carbocycles. The van der Waals surface area contributed by atoms with Crippen molar-refractivity contribution in [3.05, 3.63) is 41.5 Å². The highest BCUT2D eigenvalue weighted by Crippen LogP contribution is 2.18. The van der Waals surface area contributed by atoms with Crippen LogP contribution in [0.5, 0.6) is 5.75 Å². The minimum absolute atomic E-state index is 0.112. The van der Waals surface area contributed by atoms with E-state index in [1.54, 1.807) is 7.05 Å². The number of benzene rings is 1. The van der Waals surface area contributed by atoms with E-state index >= 15 is 0 Å². The Morgan fingerprint density at radius 1 is 1.14 bits per heavy atom. The first-order valence-electron chi connectivity index (χ1n) is 9.91. The lowest BCUT2D eigenvalue weighted by Gasteiger charge is -2.18. The fourth-order valence-electron chi connectivity index (χ4n) is 2.49. The number of ether oxygens (including phenoxy) is 1. The number of aromatic nitrogens is 2. The van der Waals surface area contributed by atoms with Gasteiger partial charge < -0.3 is 19.9 Å². The predicted molar refractivity (Wildman–Crippen MR) is 112 cm³/mol. The molecule has 0 radical (unpaired) electrons. The molecule has 0 aliphatic heterocycles. The lowest BCUT2D eigenvalue weighted by atomic mass is 10.1. The summed E-state index contributed by atoms with van der Waals surface area (Å²) in [5.41, 5.74) is 1.17. The molecule has 0 bridgehead atoms. The Kier molecular flexibility index (Phi) is 8.29. The normalized spacial score (nSPS) is 13.1. The van der Waals surface area contributed by atoms with Crippen molar-refractivity contribution in [2.24, 2.45) is 10.9 Å². The number of nitrogens with one attached hydrogen (secondary N) is 2. The lowest BCUT2D eigenvalue weighted by Crippen LogP contribution is -2.39. The average Bonchev–Trinajstić information content (AvgIpc) is 3.15. The third-order valence-electron chi connectivity index (χ3n) is 4.17. The van der Waals surface area contributed by atoms with Gasteiger partial charge in [-0.25, -0.2) is 0 Å². The van der Waals surface area contributed by atoms with Crippen molar-refractivity contribution in [1.29, 1.82) is 0 Å². The van der Waals surface area contributed by atoms with Crippen molar-refractivity contribution >= 4 is 5.96 Å². The number of hydrogen-bond acceptors (Lipinski definition) is 5. The van der Waals surface area contributed by atoms with Crippen LogP contribution in [-0.4, -0.2) is 36.3 Å². The summed E-state index contributed by atoms with van der Waals surface area (Å²) in [6.45, 7) is 11.9. The Morgan fingerprint density at radius 3 is 2.43 bits per heavy atom. The van der Waals surface area contributed by atoms with Crippen LogP contribution in [0.1, 0.15) is 63.9 Å². The molecule has 0 amide bonds. The van der Waals surface area contributed by atoms with E-state index < -0.39 is 0 Å². The zero-order chi connectivity index (χ0) is 20.5. The summed E-state index contributed by atoms with van der Waals surface area (Å²) in [7, 11) is 1.76. The third-order valence-corrected chi connectivity index (χ3v) is 4.17. The van der Waals surface area contributed by atoms with Gasteiger partial charge in [0.2, 0.25) is 5.89 Å². The standard InChI is InChI=1S/C21H33N5O2/c1-14(2)13-27-18-9-7-17(8-10-18)16(5)24-21(22-6)23-12-11-19-25-20(15(3)4)26-28-19/h7-10,14-16H,11-13H2,1-6H3,(H2,22,23,24). The van der Waals surface area contributed by atoms with E-state index in [4.69, 9.17) is 9.26 Å². The quantitative estimate of drug-likeness (QED) is 0.504. The van der Waals surface area contributed by atoms with Gasteiger partial charge in [0.25, 0.3) is 0 Å². The van der Waals surface area contributed by atoms with Crippen molar-refractivity contribution in [1.82, 2.24) is 20.8 Å². The van der Waals surface area contributed by atoms with Gasteiger partial charge in [-0.2, -0.15) is 4.98 Å². The predicted octanol–water partition coefficient (Wildman–Crippen LogP) is 3.70. The van der Waals surface area contributed by atoms with E-state index in [1.807, 2.05) is 26.0 Å². The first-order valence-corrected chi connectivity index (χ1v) is 9.91. The molecule has 2 rings (SSSR count). The van der Waals surface area contributed by atoms with Crippen LogP contribution in [0.2, 0.25) is 0 Å². The molecule has 1 heterocycles. The van der Waals surface area contributed by atoms with Crippen molar-refractivity contribution in [2.75, 3.05) is 20.2 Å². The third kappa shape index (κ3) is 6.87. The summed E-state index contributed by atoms with van der Waals surface area (Å²) in [5.74, 6) is 3.79. The summed E-state index contributed by atoms with van der Waals surface area (Å²) in [5, 5.41) is 10.7. The van der Waals surface area contributed by atoms with Crippen LogP contribution >= 0.6 is 0 Å². The van der Waals surface area contributed by atoms with Crippen LogP contribution in [0.4, 0.5) is 0 Å². The number of guanidine groups is 1. The zero-order valence-electron chi connectivity index (χ0n) is 17.8. The van der Waals surface area contributed by atoms with Crippen molar-refractivity contribution in [3.8, 4) is 5.75 Å². The highest BCUT2D eigenvalue weighted by molar-refractivity contribution is 5.80. The van der Waals surface area contributed by atoms with Gasteiger partial charge in [0.1, 0.15) is 5.75 Å². The summed E-state index contributed by atoms with van der Waals surface area (Å²) in [4.78, 5) is 8.67. The molecule has 154 valence electrons. The maximum atomic E-state index is 5.74. The fourth-order valence-corrected chi connectivity index (χ4v) is 2.49. The van der Waals surface area contributed by atoms with Gasteiger partial charge in [0.05, 0.1) is 12.6 Å². The van der Waals surface area contributed by atoms with E-state index in [0.717, 1.165) is 24.1 Å². The molecule has 1 aromatic heterocycles. The first kappa shape index (κ1) is 21.7. The second-order valence-corrected chi connectivity index (χ2v) is 7.59. The van der Waals surface area contributed by atoms with Crippen LogP contribution in [0.15, 0.2) is 33.8 Å². The molecule has 1 aromatic carbocycles. The van der Waals surface area contributed by atoms with Gasteiger partial charge in [0, 0.05) is 25.9 Å². The zero-order valence-corrected chi connectivity index (χ0v) is 17.8. The molecule has 7 heteroatoms. The molecule has 7 nitrogen and oxygen atoms in total. The van der Waals surface area contributed by atoms with Crippen molar-refractivity contribution in [3.63, 3.8) is 0 Å². The minimum Gasteiger partial charge on any atom is -0.493 e. The molecule has 2 N–H and O–H groups in total. The van der Waals surface area contributed by atoms with Crippen LogP contribution in [0.3, 0.4) is 0 Å². The lowest BCUT2D eigenvalue weighted by molar-refractivity contribution is 0.271. The maximum Gasteiger partial charge on any atom is 0.228 e. The van der Waals surface area contributed by atoms with Gasteiger partial charge in [-0.15, -0.1) is 0 Å². The van der Waals surface area contributed by atoms with E-state index in [2.05, 4.69) is 58.7 Å². The second-order valence-electron chi connectivity index (χ2n) is 7.59. The van der Waals surface area contributed by atoms with Gasteiger partial charge in [-0.05, 0) is 30.5 Å². The molecule has 0 aliphatic rings. The van der Waals surface area contributed by atoms with Crippen molar-refractivity contribution < 1.29 is 9.26 Å². The molecular formula is C21H33N5O2. The topological polar surface area (TPSA) is 84.6 Å². The Hall–Kier alpha value is -2.57. The Morgan fingerprint density at radius 2 is 1.86 bits per heavy atom. The first-order chi connectivity index (χ1) is 13.4. The minimum atomic E-state index is 0.112. The molecular weight excluding hydrogens is 354 g/mol. The number of nitrogens with zero attached hydrogens (tertiary/aromatic N) is 3. The molecule has 1 unspecified atom stereocenters. The van der Waals surface area contributed by atoms with E-state index in [-0.39, 0.29) is 12.0 Å². The molecule has 1 atom stereocenters. The van der Waals surface area contributed by atoms with Crippen LogP contribution in [-0.2, 0) is 6.42 Å². The van der Waals surface area contributed by atoms with E-state index in [1.165, 1.54) is 5.56 Å². The number of rotatable bonds is 9. The molecule has 28 heavy (non-hydrogen) atoms. The highest BCUT2D eigenvalue weighted by atomic mass is 16.5. The van der Waals surface area contributed by atoms with E-state index in [0.29, 0.717) is 24.8 Å². The summed E-state index contributed by atoms with van der Waals surface area (Å²) in [6.07, 6.45) is 0.649. The monoisotopic (exact) mass is 387 g/mol. The molecule has 0 fully saturated rings. The van der Waals surface area contributed by atoms with Crippen LogP contribution in [0.25, 0.3) is 0 Å². The smallest absolute Gasteiger partial charge is 0.228 e. The van der Waals surface area contributed by atoms with Gasteiger partial charge in [0.15, 0.2) is 11.8 Å². The van der Waals surface area contributed by atoms with Crippen LogP contribution < -0.4 is 15.4 Å². The van der Waals surface area contributed by atoms with Crippen molar-refractivity contribution in [2.45, 2.75) is 53.0 Å². The molecule has 0 spiro atoms. The fraction of sp³-hybridized carbons (Fsp3) is 0.571. The van der Waals surface area contributed by atoms with Gasteiger partial charge in [-0.1, -0.05) is 45.0 Å². The number of hydrogen-bond donors (Lipinski definition) is 2. The van der Waals surface area contributed by atoms with Gasteiger partial charge >= 0.3 is 0 Å². The maximum absolute atomic E-state index is 5.74. The summed E-state index contributed by atoms with van der Waals surface area (Å²) < 4.78 is 11.0. The Labute approximate surface area is 168 Å². The largest absolute Gasteiger partial charge is 0.493 e. The van der Waals surface area contributed by atoms with Crippen LogP contribution in [0, 0.1) is 5.92 Å². The molecule has 0 saturated carbocycles. The molecule has 0 saturated heterocycles. The Bertz CT molecular complexity index is 738. The summed E-state index contributed by atoms with van der Waals surface area (Å²) in [6, 6.07) is 8.28. The summed E-state index contributed by atoms with van der Waals surface area (Å²) >= 11 is 0. The van der Waals surface area contributed by atoms with E-state index in [9.17, 15) is 0 Å². The Balaban J connectivity index is 1.81. The van der Waals surface area contributed by atoms with Gasteiger partial charge in [-0.3, -0.25) is 4.99 Å².